The molecular formula is C15H22N2O4S2. The molecular weight excluding hydrogens is 336 g/mol. The van der Waals surface area contributed by atoms with Crippen LogP contribution in [-0.2, 0) is 20.0 Å². The molecule has 0 bridgehead atoms. The quantitative estimate of drug-likeness (QED) is 0.887. The molecule has 1 aliphatic heterocycles. The van der Waals surface area contributed by atoms with Crippen molar-refractivity contribution in [3.8, 4) is 0 Å². The fourth-order valence-corrected chi connectivity index (χ4v) is 6.19. The Balaban J connectivity index is 2.00. The lowest BCUT2D eigenvalue weighted by Crippen LogP contribution is -2.38. The molecule has 0 radical (unpaired) electrons. The molecule has 0 spiro atoms. The highest BCUT2D eigenvalue weighted by Crippen LogP contribution is 2.32. The molecule has 1 heterocycles. The van der Waals surface area contributed by atoms with Crippen LogP contribution >= 0.6 is 0 Å². The number of sulfonamides is 2. The number of hydrogen-bond donors (Lipinski definition) is 1. The molecule has 8 heteroatoms. The van der Waals surface area contributed by atoms with Crippen molar-refractivity contribution in [1.29, 1.82) is 0 Å². The highest BCUT2D eigenvalue weighted by Gasteiger charge is 2.31. The molecule has 0 atom stereocenters. The van der Waals surface area contributed by atoms with Crippen molar-refractivity contribution < 1.29 is 16.8 Å². The summed E-state index contributed by atoms with van der Waals surface area (Å²) >= 11 is 0. The fraction of sp³-hybridized carbons (Fsp3) is 0.600. The summed E-state index contributed by atoms with van der Waals surface area (Å²) in [5.41, 5.74) is 1.82. The number of benzene rings is 1. The van der Waals surface area contributed by atoms with Gasteiger partial charge in [-0.05, 0) is 62.8 Å². The first-order valence-corrected chi connectivity index (χ1v) is 10.9. The average Bonchev–Trinajstić information content (AvgIpc) is 3.24. The minimum atomic E-state index is -3.54. The monoisotopic (exact) mass is 358 g/mol. The van der Waals surface area contributed by atoms with Gasteiger partial charge in [0.1, 0.15) is 0 Å². The van der Waals surface area contributed by atoms with Crippen molar-refractivity contribution in [3.05, 3.63) is 23.3 Å². The first-order valence-electron chi connectivity index (χ1n) is 7.85. The zero-order valence-corrected chi connectivity index (χ0v) is 15.0. The number of anilines is 1. The van der Waals surface area contributed by atoms with Crippen LogP contribution < -0.4 is 9.03 Å². The van der Waals surface area contributed by atoms with E-state index in [4.69, 9.17) is 0 Å². The topological polar surface area (TPSA) is 83.6 Å². The van der Waals surface area contributed by atoms with Gasteiger partial charge in [-0.3, -0.25) is 4.31 Å². The lowest BCUT2D eigenvalue weighted by molar-refractivity contribution is 0.574. The molecule has 1 saturated heterocycles. The van der Waals surface area contributed by atoms with Gasteiger partial charge in [-0.1, -0.05) is 0 Å². The van der Waals surface area contributed by atoms with E-state index in [9.17, 15) is 16.8 Å². The second-order valence-corrected chi connectivity index (χ2v) is 10.1. The smallest absolute Gasteiger partial charge is 0.241 e. The van der Waals surface area contributed by atoms with Gasteiger partial charge in [0.15, 0.2) is 0 Å². The van der Waals surface area contributed by atoms with Crippen LogP contribution in [0.25, 0.3) is 0 Å². The predicted octanol–water partition coefficient (Wildman–Crippen LogP) is 1.67. The van der Waals surface area contributed by atoms with Crippen LogP contribution in [0.15, 0.2) is 17.0 Å². The van der Waals surface area contributed by atoms with Crippen LogP contribution in [0.4, 0.5) is 5.69 Å². The SMILES string of the molecule is Cc1cc(S(=O)(=O)NC2CC2)c(C)cc1N1CCCCS1(=O)=O. The van der Waals surface area contributed by atoms with Crippen molar-refractivity contribution in [2.75, 3.05) is 16.6 Å². The Morgan fingerprint density at radius 3 is 2.43 bits per heavy atom. The lowest BCUT2D eigenvalue weighted by Gasteiger charge is -2.30. The van der Waals surface area contributed by atoms with E-state index >= 15 is 0 Å². The summed E-state index contributed by atoms with van der Waals surface area (Å²) in [6, 6.07) is 3.31. The molecule has 1 aromatic rings. The number of hydrogen-bond acceptors (Lipinski definition) is 4. The zero-order chi connectivity index (χ0) is 16.8. The minimum absolute atomic E-state index is 0.0434. The molecule has 2 fully saturated rings. The highest BCUT2D eigenvalue weighted by molar-refractivity contribution is 7.92. The van der Waals surface area contributed by atoms with Gasteiger partial charge in [0, 0.05) is 12.6 Å². The van der Waals surface area contributed by atoms with Crippen molar-refractivity contribution in [2.45, 2.75) is 50.5 Å². The van der Waals surface area contributed by atoms with Crippen molar-refractivity contribution in [3.63, 3.8) is 0 Å². The van der Waals surface area contributed by atoms with E-state index in [1.54, 1.807) is 26.0 Å². The summed E-state index contributed by atoms with van der Waals surface area (Å²) in [5, 5.41) is 0. The molecule has 0 amide bonds. The van der Waals surface area contributed by atoms with E-state index < -0.39 is 20.0 Å². The van der Waals surface area contributed by atoms with E-state index in [1.807, 2.05) is 0 Å². The third-order valence-electron chi connectivity index (χ3n) is 4.30. The molecule has 6 nitrogen and oxygen atoms in total. The molecule has 1 N–H and O–H groups in total. The van der Waals surface area contributed by atoms with Gasteiger partial charge >= 0.3 is 0 Å². The minimum Gasteiger partial charge on any atom is -0.270 e. The lowest BCUT2D eigenvalue weighted by atomic mass is 10.1. The van der Waals surface area contributed by atoms with Crippen LogP contribution in [0.2, 0.25) is 0 Å². The number of aryl methyl sites for hydroxylation is 2. The third-order valence-corrected chi connectivity index (χ3v) is 7.82. The Labute approximate surface area is 138 Å². The van der Waals surface area contributed by atoms with Crippen molar-refractivity contribution in [1.82, 2.24) is 4.72 Å². The van der Waals surface area contributed by atoms with E-state index in [1.165, 1.54) is 4.31 Å². The molecule has 1 aliphatic carbocycles. The molecule has 1 aromatic carbocycles. The average molecular weight is 358 g/mol. The molecule has 128 valence electrons. The van der Waals surface area contributed by atoms with Gasteiger partial charge in [-0.2, -0.15) is 0 Å². The summed E-state index contributed by atoms with van der Waals surface area (Å²) in [5.74, 6) is 0.148. The third kappa shape index (κ3) is 3.39. The van der Waals surface area contributed by atoms with E-state index in [2.05, 4.69) is 4.72 Å². The zero-order valence-electron chi connectivity index (χ0n) is 13.4. The van der Waals surface area contributed by atoms with Gasteiger partial charge in [-0.25, -0.2) is 21.6 Å². The van der Waals surface area contributed by atoms with Crippen LogP contribution in [0, 0.1) is 13.8 Å². The maximum absolute atomic E-state index is 12.4. The van der Waals surface area contributed by atoms with E-state index in [-0.39, 0.29) is 16.7 Å². The Hall–Kier alpha value is -1.12. The Bertz CT molecular complexity index is 827. The van der Waals surface area contributed by atoms with Crippen molar-refractivity contribution in [2.24, 2.45) is 0 Å². The van der Waals surface area contributed by atoms with Crippen LogP contribution in [-0.4, -0.2) is 35.2 Å². The van der Waals surface area contributed by atoms with E-state index in [0.29, 0.717) is 29.8 Å². The van der Waals surface area contributed by atoms with Crippen LogP contribution in [0.3, 0.4) is 0 Å². The van der Waals surface area contributed by atoms with Gasteiger partial charge in [0.2, 0.25) is 20.0 Å². The van der Waals surface area contributed by atoms with Gasteiger partial charge < -0.3 is 0 Å². The van der Waals surface area contributed by atoms with Gasteiger partial charge in [0.05, 0.1) is 16.3 Å². The van der Waals surface area contributed by atoms with Crippen molar-refractivity contribution >= 4 is 25.7 Å². The normalized spacial score (nSPS) is 21.4. The Morgan fingerprint density at radius 1 is 1.13 bits per heavy atom. The molecule has 0 unspecified atom stereocenters. The second-order valence-electron chi connectivity index (χ2n) is 6.40. The standard InChI is InChI=1S/C15H22N2O4S2/c1-11-10-15(23(20,21)16-13-5-6-13)12(2)9-14(11)17-7-3-4-8-22(17,18)19/h9-10,13,16H,3-8H2,1-2H3. The first-order chi connectivity index (χ1) is 10.7. The van der Waals surface area contributed by atoms with Crippen LogP contribution in [0.5, 0.6) is 0 Å². The molecule has 2 aliphatic rings. The summed E-state index contributed by atoms with van der Waals surface area (Å²) in [6.07, 6.45) is 3.25. The summed E-state index contributed by atoms with van der Waals surface area (Å²) in [6.45, 7) is 3.92. The Kier molecular flexibility index (Phi) is 4.18. The first kappa shape index (κ1) is 16.7. The highest BCUT2D eigenvalue weighted by atomic mass is 32.2. The maximum Gasteiger partial charge on any atom is 0.241 e. The summed E-state index contributed by atoms with van der Waals surface area (Å²) in [4.78, 5) is 0.236. The number of rotatable bonds is 4. The summed E-state index contributed by atoms with van der Waals surface area (Å²) < 4.78 is 53.5. The predicted molar refractivity (Wildman–Crippen MR) is 89.6 cm³/mol. The summed E-state index contributed by atoms with van der Waals surface area (Å²) in [7, 11) is -6.85. The van der Waals surface area contributed by atoms with Gasteiger partial charge in [-0.15, -0.1) is 0 Å². The van der Waals surface area contributed by atoms with E-state index in [0.717, 1.165) is 19.3 Å². The number of nitrogens with one attached hydrogen (secondary N) is 1. The van der Waals surface area contributed by atoms with Crippen LogP contribution in [0.1, 0.15) is 36.8 Å². The molecule has 0 aromatic heterocycles. The maximum atomic E-state index is 12.4. The molecule has 3 rings (SSSR count). The number of nitrogens with zero attached hydrogens (tertiary/aromatic N) is 1. The molecule has 1 saturated carbocycles. The molecule has 23 heavy (non-hydrogen) atoms. The Morgan fingerprint density at radius 2 is 1.83 bits per heavy atom. The van der Waals surface area contributed by atoms with Gasteiger partial charge in [0.25, 0.3) is 0 Å². The second kappa shape index (κ2) is 5.75. The largest absolute Gasteiger partial charge is 0.270 e. The fourth-order valence-electron chi connectivity index (χ4n) is 2.88.